The second-order valence-electron chi connectivity index (χ2n) is 6.06. The zero-order valence-corrected chi connectivity index (χ0v) is 14.9. The molecular weight excluding hydrogens is 316 g/mol. The molecule has 0 saturated carbocycles. The molecule has 2 rings (SSSR count). The Labute approximate surface area is 149 Å². The molecule has 0 aromatic heterocycles. The second kappa shape index (κ2) is 10.0. The van der Waals surface area contributed by atoms with Gasteiger partial charge < -0.3 is 25.6 Å². The number of hydrogen-bond donors (Lipinski definition) is 3. The van der Waals surface area contributed by atoms with Gasteiger partial charge in [-0.3, -0.25) is 0 Å². The first-order chi connectivity index (χ1) is 12.1. The average Bonchev–Trinajstić information content (AvgIpc) is 2.65. The highest BCUT2D eigenvalue weighted by Gasteiger charge is 2.14. The topological polar surface area (TPSA) is 76.7 Å². The van der Waals surface area contributed by atoms with E-state index in [1.165, 1.54) is 0 Å². The number of nitrogens with one attached hydrogen (secondary N) is 1. The molecule has 2 aromatic rings. The fourth-order valence-electron chi connectivity index (χ4n) is 2.69. The third-order valence-electron chi connectivity index (χ3n) is 4.20. The molecule has 2 aromatic carbocycles. The number of methoxy groups -OCH3 is 2. The van der Waals surface area contributed by atoms with E-state index < -0.39 is 6.10 Å². The van der Waals surface area contributed by atoms with Gasteiger partial charge in [0.25, 0.3) is 0 Å². The zero-order valence-electron chi connectivity index (χ0n) is 14.9. The van der Waals surface area contributed by atoms with Gasteiger partial charge in [-0.15, -0.1) is 0 Å². The molecule has 0 aliphatic carbocycles. The van der Waals surface area contributed by atoms with Crippen LogP contribution in [0.2, 0.25) is 0 Å². The van der Waals surface area contributed by atoms with Crippen LogP contribution in [0.1, 0.15) is 11.1 Å². The summed E-state index contributed by atoms with van der Waals surface area (Å²) in [5.74, 6) is 1.45. The van der Waals surface area contributed by atoms with Crippen LogP contribution in [0.15, 0.2) is 48.5 Å². The third-order valence-corrected chi connectivity index (χ3v) is 4.20. The van der Waals surface area contributed by atoms with E-state index in [1.807, 2.05) is 48.5 Å². The van der Waals surface area contributed by atoms with E-state index in [2.05, 4.69) is 5.32 Å². The van der Waals surface area contributed by atoms with E-state index in [4.69, 9.17) is 15.2 Å². The van der Waals surface area contributed by atoms with E-state index in [-0.39, 0.29) is 6.04 Å². The number of nitrogens with two attached hydrogens (primary N) is 1. The number of rotatable bonds is 10. The lowest BCUT2D eigenvalue weighted by Crippen LogP contribution is -2.43. The Morgan fingerprint density at radius 1 is 1.00 bits per heavy atom. The van der Waals surface area contributed by atoms with Gasteiger partial charge >= 0.3 is 0 Å². The first-order valence-corrected chi connectivity index (χ1v) is 8.53. The summed E-state index contributed by atoms with van der Waals surface area (Å²) in [7, 11) is 3.25. The van der Waals surface area contributed by atoms with Crippen molar-refractivity contribution in [1.82, 2.24) is 5.32 Å². The molecule has 25 heavy (non-hydrogen) atoms. The molecule has 4 N–H and O–H groups in total. The largest absolute Gasteiger partial charge is 0.493 e. The summed E-state index contributed by atoms with van der Waals surface area (Å²) in [6, 6.07) is 15.6. The van der Waals surface area contributed by atoms with Crippen LogP contribution >= 0.6 is 0 Å². The van der Waals surface area contributed by atoms with Crippen LogP contribution in [0.4, 0.5) is 0 Å². The Bertz CT molecular complexity index is 634. The maximum absolute atomic E-state index is 10.2. The quantitative estimate of drug-likeness (QED) is 0.573. The second-order valence-corrected chi connectivity index (χ2v) is 6.06. The average molecular weight is 344 g/mol. The summed E-state index contributed by atoms with van der Waals surface area (Å²) in [4.78, 5) is 0. The molecule has 136 valence electrons. The first-order valence-electron chi connectivity index (χ1n) is 8.53. The minimum Gasteiger partial charge on any atom is -0.493 e. The minimum absolute atomic E-state index is 0.281. The molecule has 2 atom stereocenters. The van der Waals surface area contributed by atoms with Crippen LogP contribution in [0.3, 0.4) is 0 Å². The number of aliphatic hydroxyl groups excluding tert-OH is 1. The predicted molar refractivity (Wildman–Crippen MR) is 100 cm³/mol. The molecule has 0 aliphatic rings. The lowest BCUT2D eigenvalue weighted by atomic mass is 10.0. The zero-order chi connectivity index (χ0) is 18.1. The molecule has 0 unspecified atom stereocenters. The van der Waals surface area contributed by atoms with E-state index in [0.29, 0.717) is 13.0 Å². The van der Waals surface area contributed by atoms with Crippen molar-refractivity contribution in [3.8, 4) is 11.5 Å². The predicted octanol–water partition coefficient (Wildman–Crippen LogP) is 1.77. The molecule has 0 bridgehead atoms. The summed E-state index contributed by atoms with van der Waals surface area (Å²) in [6.07, 6.45) is 0.922. The van der Waals surface area contributed by atoms with Crippen LogP contribution in [-0.2, 0) is 12.8 Å². The lowest BCUT2D eigenvalue weighted by Gasteiger charge is -2.19. The van der Waals surface area contributed by atoms with Crippen molar-refractivity contribution in [1.29, 1.82) is 0 Å². The Balaban J connectivity index is 1.73. The van der Waals surface area contributed by atoms with Gasteiger partial charge in [0.1, 0.15) is 0 Å². The smallest absolute Gasteiger partial charge is 0.160 e. The van der Waals surface area contributed by atoms with Gasteiger partial charge in [0.2, 0.25) is 0 Å². The van der Waals surface area contributed by atoms with Crippen LogP contribution < -0.4 is 20.5 Å². The number of ether oxygens (including phenoxy) is 2. The summed E-state index contributed by atoms with van der Waals surface area (Å²) < 4.78 is 10.5. The van der Waals surface area contributed by atoms with Crippen molar-refractivity contribution in [2.24, 2.45) is 5.73 Å². The summed E-state index contributed by atoms with van der Waals surface area (Å²) in [5.41, 5.74) is 8.38. The monoisotopic (exact) mass is 344 g/mol. The highest BCUT2D eigenvalue weighted by Crippen LogP contribution is 2.27. The van der Waals surface area contributed by atoms with Crippen molar-refractivity contribution in [3.63, 3.8) is 0 Å². The number of aliphatic hydroxyl groups is 1. The van der Waals surface area contributed by atoms with Crippen molar-refractivity contribution in [2.75, 3.05) is 27.3 Å². The van der Waals surface area contributed by atoms with E-state index >= 15 is 0 Å². The highest BCUT2D eigenvalue weighted by atomic mass is 16.5. The fourth-order valence-corrected chi connectivity index (χ4v) is 2.69. The molecule has 0 saturated heterocycles. The molecule has 5 nitrogen and oxygen atoms in total. The number of benzene rings is 2. The molecule has 0 aliphatic heterocycles. The molecule has 0 radical (unpaired) electrons. The fraction of sp³-hybridized carbons (Fsp3) is 0.400. The van der Waals surface area contributed by atoms with Crippen LogP contribution in [-0.4, -0.2) is 44.6 Å². The first kappa shape index (κ1) is 19.2. The molecular formula is C20H28N2O3. The molecule has 0 fully saturated rings. The van der Waals surface area contributed by atoms with Crippen LogP contribution in [0.5, 0.6) is 11.5 Å². The standard InChI is InChI=1S/C20H28N2O3/c1-24-19-9-8-16(13-20(19)25-2)10-11-22-14-18(23)17(21)12-15-6-4-3-5-7-15/h3-9,13,17-18,22-23H,10-12,14,21H2,1-2H3/t17-,18+/m0/s1. The Kier molecular flexibility index (Phi) is 7.73. The Morgan fingerprint density at radius 3 is 2.40 bits per heavy atom. The van der Waals surface area contributed by atoms with Gasteiger partial charge in [-0.25, -0.2) is 0 Å². The molecule has 5 heteroatoms. The molecule has 0 spiro atoms. The van der Waals surface area contributed by atoms with Crippen molar-refractivity contribution in [3.05, 3.63) is 59.7 Å². The van der Waals surface area contributed by atoms with Crippen molar-refractivity contribution < 1.29 is 14.6 Å². The van der Waals surface area contributed by atoms with Crippen LogP contribution in [0, 0.1) is 0 Å². The summed E-state index contributed by atoms with van der Waals surface area (Å²) >= 11 is 0. The van der Waals surface area contributed by atoms with Gasteiger partial charge in [-0.05, 0) is 42.6 Å². The maximum atomic E-state index is 10.2. The van der Waals surface area contributed by atoms with E-state index in [1.54, 1.807) is 14.2 Å². The maximum Gasteiger partial charge on any atom is 0.160 e. The van der Waals surface area contributed by atoms with Gasteiger partial charge in [-0.2, -0.15) is 0 Å². The summed E-state index contributed by atoms with van der Waals surface area (Å²) in [6.45, 7) is 1.23. The van der Waals surface area contributed by atoms with E-state index in [9.17, 15) is 5.11 Å². The van der Waals surface area contributed by atoms with Crippen LogP contribution in [0.25, 0.3) is 0 Å². The highest BCUT2D eigenvalue weighted by molar-refractivity contribution is 5.42. The number of hydrogen-bond acceptors (Lipinski definition) is 5. The lowest BCUT2D eigenvalue weighted by molar-refractivity contribution is 0.142. The Hall–Kier alpha value is -2.08. The van der Waals surface area contributed by atoms with Crippen molar-refractivity contribution in [2.45, 2.75) is 25.0 Å². The van der Waals surface area contributed by atoms with E-state index in [0.717, 1.165) is 35.6 Å². The summed E-state index contributed by atoms with van der Waals surface area (Å²) in [5, 5.41) is 13.5. The third kappa shape index (κ3) is 6.05. The Morgan fingerprint density at radius 2 is 1.72 bits per heavy atom. The van der Waals surface area contributed by atoms with Crippen molar-refractivity contribution >= 4 is 0 Å². The van der Waals surface area contributed by atoms with Gasteiger partial charge in [-0.1, -0.05) is 36.4 Å². The van der Waals surface area contributed by atoms with Gasteiger partial charge in [0.05, 0.1) is 20.3 Å². The minimum atomic E-state index is -0.578. The molecule has 0 amide bonds. The van der Waals surface area contributed by atoms with Gasteiger partial charge in [0.15, 0.2) is 11.5 Å². The molecule has 0 heterocycles. The normalized spacial score (nSPS) is 13.3. The SMILES string of the molecule is COc1ccc(CCNC[C@@H](O)[C@@H](N)Cc2ccccc2)cc1OC. The van der Waals surface area contributed by atoms with Gasteiger partial charge in [0, 0.05) is 12.6 Å².